The van der Waals surface area contributed by atoms with Crippen LogP contribution >= 0.6 is 11.8 Å². The molecule has 0 saturated carbocycles. The summed E-state index contributed by atoms with van der Waals surface area (Å²) in [5.41, 5.74) is 0. The van der Waals surface area contributed by atoms with Crippen molar-refractivity contribution in [3.05, 3.63) is 0 Å². The number of rotatable bonds is 8. The Balaban J connectivity index is 3.44. The normalized spacial score (nSPS) is 10.6. The third kappa shape index (κ3) is 7.21. The van der Waals surface area contributed by atoms with Gasteiger partial charge in [-0.2, -0.15) is 11.8 Å². The first kappa shape index (κ1) is 13.8. The molecule has 1 amide bonds. The van der Waals surface area contributed by atoms with Crippen molar-refractivity contribution < 1.29 is 9.90 Å². The zero-order chi connectivity index (χ0) is 10.8. The van der Waals surface area contributed by atoms with Crippen LogP contribution in [0, 0.1) is 0 Å². The standard InChI is InChI=1S/C10H21NO2S/c1-3-9(4-2)11-10(13)8-14-7-5-6-12/h9,12H,3-8H2,1-2H3,(H,11,13). The van der Waals surface area contributed by atoms with E-state index in [1.54, 1.807) is 11.8 Å². The summed E-state index contributed by atoms with van der Waals surface area (Å²) >= 11 is 1.58. The highest BCUT2D eigenvalue weighted by Gasteiger charge is 2.07. The first-order valence-corrected chi connectivity index (χ1v) is 6.38. The molecule has 14 heavy (non-hydrogen) atoms. The van der Waals surface area contributed by atoms with Crippen molar-refractivity contribution in [3.63, 3.8) is 0 Å². The molecule has 0 aliphatic heterocycles. The Kier molecular flexibility index (Phi) is 9.19. The van der Waals surface area contributed by atoms with Gasteiger partial charge in [-0.3, -0.25) is 4.79 Å². The van der Waals surface area contributed by atoms with Crippen LogP contribution in [-0.4, -0.2) is 35.2 Å². The quantitative estimate of drug-likeness (QED) is 0.607. The molecule has 0 heterocycles. The number of thioether (sulfide) groups is 1. The number of carbonyl (C=O) groups is 1. The molecule has 4 heteroatoms. The Morgan fingerprint density at radius 3 is 2.57 bits per heavy atom. The summed E-state index contributed by atoms with van der Waals surface area (Å²) in [5.74, 6) is 1.48. The first-order chi connectivity index (χ1) is 6.74. The lowest BCUT2D eigenvalue weighted by atomic mass is 10.2. The molecule has 3 nitrogen and oxygen atoms in total. The molecule has 0 aromatic rings. The predicted molar refractivity (Wildman–Crippen MR) is 61.5 cm³/mol. The fourth-order valence-electron chi connectivity index (χ4n) is 1.09. The van der Waals surface area contributed by atoms with Crippen LogP contribution in [0.3, 0.4) is 0 Å². The van der Waals surface area contributed by atoms with Crippen LogP contribution < -0.4 is 5.32 Å². The highest BCUT2D eigenvalue weighted by molar-refractivity contribution is 7.99. The van der Waals surface area contributed by atoms with Gasteiger partial charge in [0.05, 0.1) is 5.75 Å². The van der Waals surface area contributed by atoms with Crippen LogP contribution in [-0.2, 0) is 4.79 Å². The number of carbonyl (C=O) groups excluding carboxylic acids is 1. The van der Waals surface area contributed by atoms with E-state index in [4.69, 9.17) is 5.11 Å². The fourth-order valence-corrected chi connectivity index (χ4v) is 1.84. The number of hydrogen-bond donors (Lipinski definition) is 2. The maximum Gasteiger partial charge on any atom is 0.230 e. The largest absolute Gasteiger partial charge is 0.396 e. The summed E-state index contributed by atoms with van der Waals surface area (Å²) in [6.07, 6.45) is 2.75. The molecule has 84 valence electrons. The number of nitrogens with one attached hydrogen (secondary N) is 1. The van der Waals surface area contributed by atoms with E-state index in [0.717, 1.165) is 25.0 Å². The van der Waals surface area contributed by atoms with Gasteiger partial charge in [0.1, 0.15) is 0 Å². The Hall–Kier alpha value is -0.220. The van der Waals surface area contributed by atoms with E-state index in [1.807, 2.05) is 0 Å². The van der Waals surface area contributed by atoms with Crippen molar-refractivity contribution in [1.29, 1.82) is 0 Å². The fraction of sp³-hybridized carbons (Fsp3) is 0.900. The van der Waals surface area contributed by atoms with Crippen molar-refractivity contribution in [2.24, 2.45) is 0 Å². The minimum absolute atomic E-state index is 0.113. The second-order valence-corrected chi connectivity index (χ2v) is 4.32. The Labute approximate surface area is 90.7 Å². The zero-order valence-electron chi connectivity index (χ0n) is 9.08. The Morgan fingerprint density at radius 1 is 1.43 bits per heavy atom. The second kappa shape index (κ2) is 9.34. The SMILES string of the molecule is CCC(CC)NC(=O)CSCCCO. The van der Waals surface area contributed by atoms with Gasteiger partial charge >= 0.3 is 0 Å². The average Bonchev–Trinajstić information content (AvgIpc) is 2.21. The molecule has 0 unspecified atom stereocenters. The van der Waals surface area contributed by atoms with E-state index in [9.17, 15) is 4.79 Å². The average molecular weight is 219 g/mol. The molecular weight excluding hydrogens is 198 g/mol. The van der Waals surface area contributed by atoms with Crippen LogP contribution in [0.15, 0.2) is 0 Å². The van der Waals surface area contributed by atoms with Gasteiger partial charge in [-0.25, -0.2) is 0 Å². The topological polar surface area (TPSA) is 49.3 Å². The summed E-state index contributed by atoms with van der Waals surface area (Å²) in [4.78, 5) is 11.3. The third-order valence-corrected chi connectivity index (χ3v) is 3.07. The lowest BCUT2D eigenvalue weighted by Crippen LogP contribution is -2.35. The highest BCUT2D eigenvalue weighted by Crippen LogP contribution is 2.02. The summed E-state index contributed by atoms with van der Waals surface area (Å²) in [6.45, 7) is 4.36. The Bertz CT molecular complexity index is 149. The number of aliphatic hydroxyl groups excluding tert-OH is 1. The van der Waals surface area contributed by atoms with Crippen molar-refractivity contribution in [2.45, 2.75) is 39.2 Å². The summed E-state index contributed by atoms with van der Waals surface area (Å²) in [5, 5.41) is 11.5. The Morgan fingerprint density at radius 2 is 2.07 bits per heavy atom. The minimum atomic E-state index is 0.113. The molecule has 2 N–H and O–H groups in total. The van der Waals surface area contributed by atoms with E-state index in [2.05, 4.69) is 19.2 Å². The van der Waals surface area contributed by atoms with Crippen LogP contribution in [0.25, 0.3) is 0 Å². The summed E-state index contributed by atoms with van der Waals surface area (Å²) in [6, 6.07) is 0.320. The zero-order valence-corrected chi connectivity index (χ0v) is 9.90. The summed E-state index contributed by atoms with van der Waals surface area (Å²) in [7, 11) is 0. The van der Waals surface area contributed by atoms with Crippen LogP contribution in [0.5, 0.6) is 0 Å². The molecule has 0 radical (unpaired) electrons. The van der Waals surface area contributed by atoms with E-state index in [0.29, 0.717) is 11.8 Å². The van der Waals surface area contributed by atoms with Crippen LogP contribution in [0.1, 0.15) is 33.1 Å². The third-order valence-electron chi connectivity index (χ3n) is 2.03. The molecule has 0 aromatic heterocycles. The monoisotopic (exact) mass is 219 g/mol. The van der Waals surface area contributed by atoms with E-state index in [1.165, 1.54) is 0 Å². The van der Waals surface area contributed by atoms with Crippen molar-refractivity contribution in [2.75, 3.05) is 18.1 Å². The first-order valence-electron chi connectivity index (χ1n) is 5.22. The van der Waals surface area contributed by atoms with Crippen molar-refractivity contribution in [3.8, 4) is 0 Å². The lowest BCUT2D eigenvalue weighted by Gasteiger charge is -2.14. The molecule has 0 spiro atoms. The van der Waals surface area contributed by atoms with Gasteiger partial charge in [-0.15, -0.1) is 0 Å². The van der Waals surface area contributed by atoms with Gasteiger partial charge in [0.25, 0.3) is 0 Å². The van der Waals surface area contributed by atoms with Crippen LogP contribution in [0.4, 0.5) is 0 Å². The number of aliphatic hydroxyl groups is 1. The van der Waals surface area contributed by atoms with E-state index in [-0.39, 0.29) is 12.5 Å². The van der Waals surface area contributed by atoms with Crippen LogP contribution in [0.2, 0.25) is 0 Å². The van der Waals surface area contributed by atoms with Crippen molar-refractivity contribution in [1.82, 2.24) is 5.32 Å². The highest BCUT2D eigenvalue weighted by atomic mass is 32.2. The van der Waals surface area contributed by atoms with E-state index < -0.39 is 0 Å². The number of amides is 1. The maximum atomic E-state index is 11.3. The molecule has 0 bridgehead atoms. The molecule has 0 aromatic carbocycles. The maximum absolute atomic E-state index is 11.3. The molecule has 0 saturated heterocycles. The van der Waals surface area contributed by atoms with E-state index >= 15 is 0 Å². The van der Waals surface area contributed by atoms with Gasteiger partial charge in [0, 0.05) is 12.6 Å². The lowest BCUT2D eigenvalue weighted by molar-refractivity contribution is -0.119. The molecular formula is C10H21NO2S. The van der Waals surface area contributed by atoms with Gasteiger partial charge in [0.15, 0.2) is 0 Å². The molecule has 0 rings (SSSR count). The molecule has 0 fully saturated rings. The van der Waals surface area contributed by atoms with Gasteiger partial charge in [-0.05, 0) is 25.0 Å². The number of hydrogen-bond acceptors (Lipinski definition) is 3. The smallest absolute Gasteiger partial charge is 0.230 e. The van der Waals surface area contributed by atoms with Gasteiger partial charge in [-0.1, -0.05) is 13.8 Å². The minimum Gasteiger partial charge on any atom is -0.396 e. The molecule has 0 atom stereocenters. The predicted octanol–water partition coefficient (Wildman–Crippen LogP) is 1.41. The van der Waals surface area contributed by atoms with Crippen molar-refractivity contribution >= 4 is 17.7 Å². The van der Waals surface area contributed by atoms with Gasteiger partial charge in [0.2, 0.25) is 5.91 Å². The molecule has 0 aliphatic carbocycles. The van der Waals surface area contributed by atoms with Gasteiger partial charge < -0.3 is 10.4 Å². The summed E-state index contributed by atoms with van der Waals surface area (Å²) < 4.78 is 0. The second-order valence-electron chi connectivity index (χ2n) is 3.21. The molecule has 0 aliphatic rings.